The average molecular weight is 211 g/mol. The van der Waals surface area contributed by atoms with Crippen LogP contribution in [0.4, 0.5) is 0 Å². The van der Waals surface area contributed by atoms with Crippen molar-refractivity contribution >= 4 is 5.91 Å². The molecule has 1 heterocycles. The number of H-pyrrole nitrogens is 1. The highest BCUT2D eigenvalue weighted by Gasteiger charge is 2.10. The molecule has 6 heteroatoms. The van der Waals surface area contributed by atoms with Crippen LogP contribution in [0.5, 0.6) is 5.88 Å². The zero-order valence-electron chi connectivity index (χ0n) is 8.41. The van der Waals surface area contributed by atoms with E-state index in [4.69, 9.17) is 5.73 Å². The van der Waals surface area contributed by atoms with Crippen molar-refractivity contribution in [3.8, 4) is 5.88 Å². The van der Waals surface area contributed by atoms with Crippen LogP contribution in [-0.2, 0) is 17.6 Å². The summed E-state index contributed by atoms with van der Waals surface area (Å²) in [5.74, 6) is -0.845. The van der Waals surface area contributed by atoms with Gasteiger partial charge in [-0.1, -0.05) is 13.3 Å². The second-order valence-electron chi connectivity index (χ2n) is 3.21. The Hall–Kier alpha value is -1.85. The number of primary amides is 1. The highest BCUT2D eigenvalue weighted by Crippen LogP contribution is 2.10. The van der Waals surface area contributed by atoms with E-state index in [9.17, 15) is 14.7 Å². The second-order valence-corrected chi connectivity index (χ2v) is 3.21. The molecular formula is C9H13N3O3. The zero-order valence-corrected chi connectivity index (χ0v) is 8.41. The molecule has 1 rings (SSSR count). The molecule has 4 N–H and O–H groups in total. The van der Waals surface area contributed by atoms with Crippen LogP contribution in [0.15, 0.2) is 4.79 Å². The normalized spacial score (nSPS) is 10.2. The molecule has 6 nitrogen and oxygen atoms in total. The summed E-state index contributed by atoms with van der Waals surface area (Å²) in [7, 11) is 0. The van der Waals surface area contributed by atoms with Crippen LogP contribution in [0.2, 0.25) is 0 Å². The number of nitrogens with two attached hydrogens (primary N) is 1. The summed E-state index contributed by atoms with van der Waals surface area (Å²) in [5.41, 5.74) is 4.76. The Morgan fingerprint density at radius 1 is 1.60 bits per heavy atom. The number of rotatable bonds is 4. The fourth-order valence-corrected chi connectivity index (χ4v) is 1.26. The SMILES string of the molecule is CCCc1c(O)nc(CC(N)=O)[nH]c1=O. The number of aromatic amines is 1. The Kier molecular flexibility index (Phi) is 3.43. The smallest absolute Gasteiger partial charge is 0.257 e. The van der Waals surface area contributed by atoms with Crippen molar-refractivity contribution in [2.24, 2.45) is 5.73 Å². The second kappa shape index (κ2) is 4.59. The van der Waals surface area contributed by atoms with Gasteiger partial charge in [0.1, 0.15) is 5.82 Å². The largest absolute Gasteiger partial charge is 0.493 e. The van der Waals surface area contributed by atoms with Gasteiger partial charge >= 0.3 is 0 Å². The molecule has 0 saturated heterocycles. The molecule has 1 aromatic heterocycles. The molecule has 0 spiro atoms. The first-order chi connectivity index (χ1) is 7.04. The first-order valence-corrected chi connectivity index (χ1v) is 4.64. The Morgan fingerprint density at radius 2 is 2.27 bits per heavy atom. The van der Waals surface area contributed by atoms with Crippen molar-refractivity contribution < 1.29 is 9.90 Å². The standard InChI is InChI=1S/C9H13N3O3/c1-2-3-5-8(14)11-7(4-6(10)13)12-9(5)15/h2-4H2,1H3,(H2,10,13)(H2,11,12,14,15). The summed E-state index contributed by atoms with van der Waals surface area (Å²) in [6, 6.07) is 0. The molecule has 15 heavy (non-hydrogen) atoms. The summed E-state index contributed by atoms with van der Waals surface area (Å²) in [6.07, 6.45) is 0.994. The van der Waals surface area contributed by atoms with Crippen LogP contribution in [0.25, 0.3) is 0 Å². The molecule has 0 aliphatic heterocycles. The summed E-state index contributed by atoms with van der Waals surface area (Å²) >= 11 is 0. The van der Waals surface area contributed by atoms with Crippen molar-refractivity contribution in [3.63, 3.8) is 0 Å². The molecule has 1 aromatic rings. The number of nitrogens with one attached hydrogen (secondary N) is 1. The van der Waals surface area contributed by atoms with E-state index in [1.165, 1.54) is 0 Å². The van der Waals surface area contributed by atoms with Gasteiger partial charge in [0.05, 0.1) is 12.0 Å². The molecule has 0 aliphatic carbocycles. The maximum absolute atomic E-state index is 11.4. The minimum absolute atomic E-state index is 0.0878. The predicted octanol–water partition coefficient (Wildman–Crippen LogP) is -0.544. The van der Waals surface area contributed by atoms with E-state index in [-0.39, 0.29) is 23.7 Å². The lowest BCUT2D eigenvalue weighted by molar-refractivity contribution is -0.117. The van der Waals surface area contributed by atoms with Gasteiger partial charge in [0.2, 0.25) is 11.8 Å². The first-order valence-electron chi connectivity index (χ1n) is 4.64. The molecule has 0 fully saturated rings. The predicted molar refractivity (Wildman–Crippen MR) is 53.4 cm³/mol. The highest BCUT2D eigenvalue weighted by atomic mass is 16.3. The number of aromatic hydroxyl groups is 1. The minimum atomic E-state index is -0.610. The number of nitrogens with zero attached hydrogens (tertiary/aromatic N) is 1. The Bertz CT molecular complexity index is 425. The Labute approximate surface area is 86.2 Å². The number of aromatic nitrogens is 2. The van der Waals surface area contributed by atoms with Crippen LogP contribution in [0.3, 0.4) is 0 Å². The van der Waals surface area contributed by atoms with E-state index in [2.05, 4.69) is 9.97 Å². The monoisotopic (exact) mass is 211 g/mol. The molecule has 0 radical (unpaired) electrons. The van der Waals surface area contributed by atoms with E-state index in [1.807, 2.05) is 6.92 Å². The van der Waals surface area contributed by atoms with Crippen LogP contribution < -0.4 is 11.3 Å². The van der Waals surface area contributed by atoms with E-state index >= 15 is 0 Å². The van der Waals surface area contributed by atoms with Gasteiger partial charge in [0, 0.05) is 0 Å². The molecule has 0 aliphatic rings. The Balaban J connectivity index is 3.08. The van der Waals surface area contributed by atoms with Gasteiger partial charge in [0.15, 0.2) is 0 Å². The third kappa shape index (κ3) is 2.80. The number of amides is 1. The number of hydrogen-bond donors (Lipinski definition) is 3. The zero-order chi connectivity index (χ0) is 11.4. The van der Waals surface area contributed by atoms with E-state index in [0.29, 0.717) is 6.42 Å². The van der Waals surface area contributed by atoms with Crippen LogP contribution in [0, 0.1) is 0 Å². The van der Waals surface area contributed by atoms with Crippen molar-refractivity contribution in [3.05, 3.63) is 21.7 Å². The van der Waals surface area contributed by atoms with Gasteiger partial charge in [-0.2, -0.15) is 4.98 Å². The lowest BCUT2D eigenvalue weighted by Gasteiger charge is -2.03. The fraction of sp³-hybridized carbons (Fsp3) is 0.444. The van der Waals surface area contributed by atoms with Gasteiger partial charge in [-0.15, -0.1) is 0 Å². The highest BCUT2D eigenvalue weighted by molar-refractivity contribution is 5.75. The number of hydrogen-bond acceptors (Lipinski definition) is 4. The molecular weight excluding hydrogens is 198 g/mol. The molecule has 0 saturated carbocycles. The molecule has 0 unspecified atom stereocenters. The minimum Gasteiger partial charge on any atom is -0.493 e. The van der Waals surface area contributed by atoms with E-state index < -0.39 is 11.5 Å². The van der Waals surface area contributed by atoms with E-state index in [0.717, 1.165) is 6.42 Å². The van der Waals surface area contributed by atoms with Crippen LogP contribution >= 0.6 is 0 Å². The molecule has 0 atom stereocenters. The van der Waals surface area contributed by atoms with Crippen LogP contribution in [-0.4, -0.2) is 21.0 Å². The van der Waals surface area contributed by atoms with Gasteiger partial charge in [0.25, 0.3) is 5.56 Å². The topological polar surface area (TPSA) is 109 Å². The van der Waals surface area contributed by atoms with Crippen molar-refractivity contribution in [1.82, 2.24) is 9.97 Å². The lowest BCUT2D eigenvalue weighted by atomic mass is 10.2. The Morgan fingerprint density at radius 3 is 2.73 bits per heavy atom. The maximum atomic E-state index is 11.4. The first kappa shape index (κ1) is 11.2. The summed E-state index contributed by atoms with van der Waals surface area (Å²) in [4.78, 5) is 28.1. The van der Waals surface area contributed by atoms with Crippen LogP contribution in [0.1, 0.15) is 24.7 Å². The van der Waals surface area contributed by atoms with Crippen molar-refractivity contribution in [2.45, 2.75) is 26.2 Å². The van der Waals surface area contributed by atoms with Crippen molar-refractivity contribution in [1.29, 1.82) is 0 Å². The summed E-state index contributed by atoms with van der Waals surface area (Å²) in [6.45, 7) is 1.89. The van der Waals surface area contributed by atoms with Crippen molar-refractivity contribution in [2.75, 3.05) is 0 Å². The number of carbonyl (C=O) groups excluding carboxylic acids is 1. The number of carbonyl (C=O) groups is 1. The summed E-state index contributed by atoms with van der Waals surface area (Å²) in [5, 5.41) is 9.43. The maximum Gasteiger partial charge on any atom is 0.257 e. The molecule has 82 valence electrons. The van der Waals surface area contributed by atoms with Gasteiger partial charge in [-0.05, 0) is 6.42 Å². The van der Waals surface area contributed by atoms with E-state index in [1.54, 1.807) is 0 Å². The fourth-order valence-electron chi connectivity index (χ4n) is 1.26. The summed E-state index contributed by atoms with van der Waals surface area (Å²) < 4.78 is 0. The average Bonchev–Trinajstić information content (AvgIpc) is 2.10. The third-order valence-corrected chi connectivity index (χ3v) is 1.88. The van der Waals surface area contributed by atoms with Gasteiger partial charge in [-0.3, -0.25) is 9.59 Å². The molecule has 1 amide bonds. The van der Waals surface area contributed by atoms with Gasteiger partial charge < -0.3 is 15.8 Å². The third-order valence-electron chi connectivity index (χ3n) is 1.88. The molecule has 0 bridgehead atoms. The van der Waals surface area contributed by atoms with Gasteiger partial charge in [-0.25, -0.2) is 0 Å². The lowest BCUT2D eigenvalue weighted by Crippen LogP contribution is -2.21. The quantitative estimate of drug-likeness (QED) is 0.621. The molecule has 0 aromatic carbocycles.